The molecular weight excluding hydrogens is 629 g/mol. The Labute approximate surface area is 271 Å². The molecule has 46 heavy (non-hydrogen) atoms. The number of hydrogen-bond donors (Lipinski definition) is 0. The Bertz CT molecular complexity index is 1740. The Morgan fingerprint density at radius 3 is 1.65 bits per heavy atom. The first kappa shape index (κ1) is 30.1. The molecule has 11 heteroatoms. The zero-order valence-corrected chi connectivity index (χ0v) is 27.5. The highest BCUT2D eigenvalue weighted by Crippen LogP contribution is 2.53. The van der Waals surface area contributed by atoms with Gasteiger partial charge < -0.3 is 22.9 Å². The van der Waals surface area contributed by atoms with Gasteiger partial charge >= 0.3 is 10.1 Å². The molecule has 0 spiro atoms. The molecule has 9 unspecified atom stereocenters. The molecular formula is C35H41O9S2-. The van der Waals surface area contributed by atoms with Gasteiger partial charge in [0.2, 0.25) is 0 Å². The Hall–Kier alpha value is -2.02. The average Bonchev–Trinajstić information content (AvgIpc) is 3.88. The maximum atomic E-state index is 14.9. The van der Waals surface area contributed by atoms with Gasteiger partial charge in [0.1, 0.15) is 20.8 Å². The SMILES string of the molecule is O=S(=O)([O-])c1ccc(OS(=O)(=O)c2c(C3CC4CCC3O4)cc(C3CC4CCC3O4)cc2C2CC3CCC2O3)c2c1CCCCC2. The van der Waals surface area contributed by atoms with Gasteiger partial charge in [-0.2, -0.15) is 8.42 Å². The number of benzene rings is 2. The zero-order chi connectivity index (χ0) is 31.4. The number of rotatable bonds is 7. The van der Waals surface area contributed by atoms with Gasteiger partial charge in [-0.15, -0.1) is 0 Å². The maximum absolute atomic E-state index is 14.9. The van der Waals surface area contributed by atoms with Crippen LogP contribution in [-0.2, 0) is 47.3 Å². The quantitative estimate of drug-likeness (QED) is 0.206. The van der Waals surface area contributed by atoms with E-state index >= 15 is 0 Å². The standard InChI is InChI=1S/C35H42O9S2/c36-45(37,38)34-13-12-33(23-4-2-1-3-5-24(23)34)44-46(39,40)35-28(26-17-21-7-10-31(26)42-21)14-19(25-16-20-6-9-30(25)41-20)15-29(35)27-18-22-8-11-32(27)43-22/h12-15,20-22,25-27,30-32H,1-11,16-18H2,(H,36,37,38)/p-1. The molecule has 6 fully saturated rings. The summed E-state index contributed by atoms with van der Waals surface area (Å²) in [4.78, 5) is -0.0308. The molecule has 6 saturated heterocycles. The van der Waals surface area contributed by atoms with Crippen LogP contribution in [0.4, 0.5) is 0 Å². The van der Waals surface area contributed by atoms with Crippen molar-refractivity contribution in [2.24, 2.45) is 0 Å². The van der Waals surface area contributed by atoms with E-state index in [4.69, 9.17) is 18.4 Å². The third kappa shape index (κ3) is 4.98. The molecule has 6 aliphatic heterocycles. The number of fused-ring (bicyclic) bond motifs is 7. The van der Waals surface area contributed by atoms with E-state index in [1.165, 1.54) is 12.1 Å². The minimum Gasteiger partial charge on any atom is -0.744 e. The predicted molar refractivity (Wildman–Crippen MR) is 166 cm³/mol. The van der Waals surface area contributed by atoms with E-state index in [9.17, 15) is 21.4 Å². The summed E-state index contributed by atoms with van der Waals surface area (Å²) in [6.45, 7) is 0. The Balaban J connectivity index is 1.21. The van der Waals surface area contributed by atoms with Crippen LogP contribution >= 0.6 is 0 Å². The summed E-state index contributed by atoms with van der Waals surface area (Å²) in [6, 6.07) is 6.86. The zero-order valence-electron chi connectivity index (χ0n) is 25.9. The lowest BCUT2D eigenvalue weighted by molar-refractivity contribution is 0.0996. The summed E-state index contributed by atoms with van der Waals surface area (Å²) >= 11 is 0. The van der Waals surface area contributed by atoms with Crippen molar-refractivity contribution in [3.63, 3.8) is 0 Å². The molecule has 7 aliphatic rings. The van der Waals surface area contributed by atoms with Crippen LogP contribution in [0.25, 0.3) is 0 Å². The smallest absolute Gasteiger partial charge is 0.339 e. The Morgan fingerprint density at radius 2 is 1.17 bits per heavy atom. The predicted octanol–water partition coefficient (Wildman–Crippen LogP) is 5.73. The van der Waals surface area contributed by atoms with E-state index < -0.39 is 20.2 Å². The van der Waals surface area contributed by atoms with Crippen LogP contribution < -0.4 is 4.18 Å². The monoisotopic (exact) mass is 669 g/mol. The van der Waals surface area contributed by atoms with Crippen LogP contribution in [0.15, 0.2) is 34.1 Å². The molecule has 0 amide bonds. The number of ether oxygens (including phenoxy) is 3. The highest BCUT2D eigenvalue weighted by atomic mass is 32.2. The molecule has 0 saturated carbocycles. The second kappa shape index (κ2) is 11.0. The van der Waals surface area contributed by atoms with Gasteiger partial charge in [0.05, 0.1) is 41.5 Å². The lowest BCUT2D eigenvalue weighted by Gasteiger charge is -2.30. The first-order valence-electron chi connectivity index (χ1n) is 17.3. The maximum Gasteiger partial charge on any atom is 0.339 e. The summed E-state index contributed by atoms with van der Waals surface area (Å²) in [5, 5.41) is 0. The van der Waals surface area contributed by atoms with E-state index in [1.54, 1.807) is 0 Å². The lowest BCUT2D eigenvalue weighted by atomic mass is 9.76. The third-order valence-corrected chi connectivity index (χ3v) is 14.4. The van der Waals surface area contributed by atoms with Gasteiger partial charge in [0.15, 0.2) is 0 Å². The molecule has 0 N–H and O–H groups in total. The van der Waals surface area contributed by atoms with Gasteiger partial charge in [0, 0.05) is 23.3 Å². The molecule has 0 radical (unpaired) electrons. The van der Waals surface area contributed by atoms with Crippen LogP contribution in [0.5, 0.6) is 5.75 Å². The summed E-state index contributed by atoms with van der Waals surface area (Å²) in [5.41, 5.74) is 3.64. The van der Waals surface area contributed by atoms with Crippen molar-refractivity contribution >= 4 is 20.2 Å². The fourth-order valence-corrected chi connectivity index (χ4v) is 12.4. The summed E-state index contributed by atoms with van der Waals surface area (Å²) in [6.07, 6.45) is 12.2. The highest BCUT2D eigenvalue weighted by molar-refractivity contribution is 7.87. The highest BCUT2D eigenvalue weighted by Gasteiger charge is 2.49. The van der Waals surface area contributed by atoms with Crippen LogP contribution in [-0.4, -0.2) is 58.0 Å². The molecule has 0 aromatic heterocycles. The average molecular weight is 670 g/mol. The summed E-state index contributed by atoms with van der Waals surface area (Å²) < 4.78 is 91.4. The van der Waals surface area contributed by atoms with Gasteiger partial charge in [-0.05, 0) is 118 Å². The third-order valence-electron chi connectivity index (χ3n) is 12.1. The Morgan fingerprint density at radius 1 is 0.652 bits per heavy atom. The van der Waals surface area contributed by atoms with Crippen molar-refractivity contribution in [2.75, 3.05) is 0 Å². The first-order valence-corrected chi connectivity index (χ1v) is 20.1. The fraction of sp³-hybridized carbons (Fsp3) is 0.657. The summed E-state index contributed by atoms with van der Waals surface area (Å²) in [7, 11) is -9.13. The molecule has 2 aromatic rings. The van der Waals surface area contributed by atoms with Crippen molar-refractivity contribution in [1.29, 1.82) is 0 Å². The topological polar surface area (TPSA) is 128 Å². The van der Waals surface area contributed by atoms with Gasteiger partial charge in [0.25, 0.3) is 0 Å². The van der Waals surface area contributed by atoms with Gasteiger partial charge in [-0.1, -0.05) is 18.6 Å². The van der Waals surface area contributed by atoms with E-state index in [-0.39, 0.29) is 69.9 Å². The minimum atomic E-state index is -4.73. The first-order chi connectivity index (χ1) is 22.1. The van der Waals surface area contributed by atoms with E-state index in [2.05, 4.69) is 12.1 Å². The molecule has 1 aliphatic carbocycles. The van der Waals surface area contributed by atoms with Crippen molar-refractivity contribution in [3.05, 3.63) is 52.1 Å². The lowest BCUT2D eigenvalue weighted by Crippen LogP contribution is -2.26. The van der Waals surface area contributed by atoms with Crippen molar-refractivity contribution in [1.82, 2.24) is 0 Å². The molecule has 6 heterocycles. The van der Waals surface area contributed by atoms with Crippen LogP contribution in [0.3, 0.4) is 0 Å². The van der Waals surface area contributed by atoms with Gasteiger partial charge in [-0.3, -0.25) is 0 Å². The van der Waals surface area contributed by atoms with Crippen molar-refractivity contribution in [2.45, 2.75) is 154 Å². The normalized spacial score (nSPS) is 36.3. The molecule has 9 nitrogen and oxygen atoms in total. The largest absolute Gasteiger partial charge is 0.744 e. The van der Waals surface area contributed by atoms with E-state index in [1.807, 2.05) is 0 Å². The number of hydrogen-bond acceptors (Lipinski definition) is 9. The summed E-state index contributed by atoms with van der Waals surface area (Å²) in [5.74, 6) is 0.232. The van der Waals surface area contributed by atoms with Crippen molar-refractivity contribution < 1.29 is 39.8 Å². The molecule has 9 rings (SSSR count). The molecule has 9 atom stereocenters. The fourth-order valence-electron chi connectivity index (χ4n) is 10.1. The van der Waals surface area contributed by atoms with Crippen molar-refractivity contribution in [3.8, 4) is 5.75 Å². The molecule has 2 aromatic carbocycles. The van der Waals surface area contributed by atoms with Crippen LogP contribution in [0.1, 0.15) is 123 Å². The second-order valence-corrected chi connectivity index (χ2v) is 17.6. The minimum absolute atomic E-state index is 0.0348. The Kier molecular flexibility index (Phi) is 7.19. The van der Waals surface area contributed by atoms with Gasteiger partial charge in [-0.25, -0.2) is 8.42 Å². The van der Waals surface area contributed by atoms with E-state index in [0.717, 1.165) is 93.7 Å². The van der Waals surface area contributed by atoms with E-state index in [0.29, 0.717) is 24.0 Å². The molecule has 248 valence electrons. The van der Waals surface area contributed by atoms with Crippen LogP contribution in [0, 0.1) is 0 Å². The molecule has 6 bridgehead atoms. The second-order valence-electron chi connectivity index (χ2n) is 14.7. The van der Waals surface area contributed by atoms with Crippen LogP contribution in [0.2, 0.25) is 0 Å².